The normalized spacial score (nSPS) is 12.9. The highest BCUT2D eigenvalue weighted by molar-refractivity contribution is 5.96. The molecule has 94 valence electrons. The minimum absolute atomic E-state index is 0.0768. The summed E-state index contributed by atoms with van der Waals surface area (Å²) in [7, 11) is 0. The molecule has 0 spiro atoms. The van der Waals surface area contributed by atoms with Gasteiger partial charge in [0.15, 0.2) is 0 Å². The zero-order valence-corrected chi connectivity index (χ0v) is 10.1. The molecule has 4 N–H and O–H groups in total. The van der Waals surface area contributed by atoms with E-state index in [1.165, 1.54) is 0 Å². The number of urea groups is 1. The van der Waals surface area contributed by atoms with Gasteiger partial charge in [0.2, 0.25) is 5.91 Å². The molecule has 1 unspecified atom stereocenters. The number of carbonyl (C=O) groups excluding carboxylic acids is 2. The molecule has 0 saturated heterocycles. The van der Waals surface area contributed by atoms with E-state index in [2.05, 4.69) is 5.32 Å². The summed E-state index contributed by atoms with van der Waals surface area (Å²) < 4.78 is 0. The molecular weight excluding hydrogens is 210 g/mol. The summed E-state index contributed by atoms with van der Waals surface area (Å²) in [6, 6.07) is -1.14. The van der Waals surface area contributed by atoms with Crippen LogP contribution in [0.4, 0.5) is 4.79 Å². The largest absolute Gasteiger partial charge is 0.396 e. The van der Waals surface area contributed by atoms with E-state index in [0.29, 0.717) is 13.0 Å². The zero-order chi connectivity index (χ0) is 12.7. The van der Waals surface area contributed by atoms with Gasteiger partial charge < -0.3 is 10.8 Å². The molecule has 0 fully saturated rings. The van der Waals surface area contributed by atoms with Crippen LogP contribution in [0, 0.1) is 0 Å². The number of primary amides is 1. The van der Waals surface area contributed by atoms with Crippen LogP contribution >= 0.6 is 0 Å². The number of nitrogens with two attached hydrogens (primary N) is 1. The summed E-state index contributed by atoms with van der Waals surface area (Å²) in [5.74, 6) is -0.417. The van der Waals surface area contributed by atoms with Crippen LogP contribution in [0.15, 0.2) is 0 Å². The van der Waals surface area contributed by atoms with Crippen LogP contribution in [0.1, 0.15) is 27.2 Å². The predicted molar refractivity (Wildman–Crippen MR) is 60.7 cm³/mol. The van der Waals surface area contributed by atoms with Gasteiger partial charge in [-0.05, 0) is 27.2 Å². The van der Waals surface area contributed by atoms with Gasteiger partial charge in [-0.1, -0.05) is 0 Å². The van der Waals surface area contributed by atoms with Crippen molar-refractivity contribution in [3.8, 4) is 0 Å². The number of hydrogen-bond acceptors (Lipinski definition) is 4. The first-order valence-electron chi connectivity index (χ1n) is 5.37. The molecule has 0 aliphatic rings. The van der Waals surface area contributed by atoms with Gasteiger partial charge in [-0.15, -0.1) is 0 Å². The Morgan fingerprint density at radius 3 is 2.31 bits per heavy atom. The van der Waals surface area contributed by atoms with Crippen molar-refractivity contribution in [2.75, 3.05) is 13.2 Å². The van der Waals surface area contributed by atoms with Crippen LogP contribution in [0.3, 0.4) is 0 Å². The minimum atomic E-state index is -0.845. The van der Waals surface area contributed by atoms with E-state index < -0.39 is 18.0 Å². The molecule has 6 heteroatoms. The van der Waals surface area contributed by atoms with E-state index in [1.807, 2.05) is 18.7 Å². The molecule has 0 aromatic rings. The maximum Gasteiger partial charge on any atom is 0.318 e. The highest BCUT2D eigenvalue weighted by atomic mass is 16.3. The fraction of sp³-hybridized carbons (Fsp3) is 0.800. The molecule has 0 rings (SSSR count). The Balaban J connectivity index is 4.41. The first-order valence-corrected chi connectivity index (χ1v) is 5.37. The molecule has 0 bridgehead atoms. The Hall–Kier alpha value is -1.14. The van der Waals surface area contributed by atoms with Gasteiger partial charge in [0.05, 0.1) is 6.04 Å². The van der Waals surface area contributed by atoms with Crippen molar-refractivity contribution in [3.05, 3.63) is 0 Å². The predicted octanol–water partition coefficient (Wildman–Crippen LogP) is -0.337. The zero-order valence-electron chi connectivity index (χ0n) is 10.1. The van der Waals surface area contributed by atoms with E-state index in [-0.39, 0.29) is 12.6 Å². The quantitative estimate of drug-likeness (QED) is 0.583. The van der Waals surface area contributed by atoms with Crippen LogP contribution in [-0.4, -0.2) is 47.2 Å². The highest BCUT2D eigenvalue weighted by Gasteiger charge is 2.23. The van der Waals surface area contributed by atoms with Crippen LogP contribution < -0.4 is 11.1 Å². The molecule has 1 atom stereocenters. The van der Waals surface area contributed by atoms with Gasteiger partial charge >= 0.3 is 6.03 Å². The second-order valence-corrected chi connectivity index (χ2v) is 3.94. The molecule has 0 aliphatic heterocycles. The molecule has 0 aromatic heterocycles. The second kappa shape index (κ2) is 7.19. The molecule has 0 saturated carbocycles. The van der Waals surface area contributed by atoms with E-state index in [9.17, 15) is 9.59 Å². The molecular formula is C10H21N3O3. The Morgan fingerprint density at radius 1 is 1.38 bits per heavy atom. The standard InChI is InChI=1S/C10H21N3O3/c1-7(2)13(5-4-6-14)8(3)9(15)12-10(11)16/h7-8,14H,4-6H2,1-3H3,(H3,11,12,15,16). The lowest BCUT2D eigenvalue weighted by Crippen LogP contribution is -2.51. The van der Waals surface area contributed by atoms with E-state index in [1.54, 1.807) is 6.92 Å². The molecule has 0 radical (unpaired) electrons. The number of amides is 3. The third kappa shape index (κ3) is 5.09. The number of aliphatic hydroxyl groups excluding tert-OH is 1. The fourth-order valence-corrected chi connectivity index (χ4v) is 1.53. The van der Waals surface area contributed by atoms with Gasteiger partial charge in [-0.3, -0.25) is 15.0 Å². The average molecular weight is 231 g/mol. The number of hydrogen-bond donors (Lipinski definition) is 3. The highest BCUT2D eigenvalue weighted by Crippen LogP contribution is 2.06. The van der Waals surface area contributed by atoms with Crippen molar-refractivity contribution in [2.45, 2.75) is 39.3 Å². The first kappa shape index (κ1) is 14.9. The van der Waals surface area contributed by atoms with Crippen molar-refractivity contribution in [1.29, 1.82) is 0 Å². The maximum atomic E-state index is 11.5. The van der Waals surface area contributed by atoms with E-state index in [0.717, 1.165) is 0 Å². The minimum Gasteiger partial charge on any atom is -0.396 e. The Morgan fingerprint density at radius 2 is 1.94 bits per heavy atom. The average Bonchev–Trinajstić information content (AvgIpc) is 2.16. The van der Waals surface area contributed by atoms with Crippen LogP contribution in [-0.2, 0) is 4.79 Å². The van der Waals surface area contributed by atoms with E-state index >= 15 is 0 Å². The van der Waals surface area contributed by atoms with Gasteiger partial charge in [0.1, 0.15) is 0 Å². The molecule has 0 aliphatic carbocycles. The molecule has 0 heterocycles. The van der Waals surface area contributed by atoms with Crippen LogP contribution in [0.2, 0.25) is 0 Å². The number of nitrogens with one attached hydrogen (secondary N) is 1. The van der Waals surface area contributed by atoms with Gasteiger partial charge in [0.25, 0.3) is 0 Å². The van der Waals surface area contributed by atoms with Crippen molar-refractivity contribution >= 4 is 11.9 Å². The van der Waals surface area contributed by atoms with Crippen molar-refractivity contribution in [2.24, 2.45) is 5.73 Å². The molecule has 3 amide bonds. The lowest BCUT2D eigenvalue weighted by atomic mass is 10.2. The summed E-state index contributed by atoms with van der Waals surface area (Å²) in [5.41, 5.74) is 4.88. The fourth-order valence-electron chi connectivity index (χ4n) is 1.53. The van der Waals surface area contributed by atoms with Crippen LogP contribution in [0.25, 0.3) is 0 Å². The maximum absolute atomic E-state index is 11.5. The van der Waals surface area contributed by atoms with Gasteiger partial charge in [-0.25, -0.2) is 4.79 Å². The smallest absolute Gasteiger partial charge is 0.318 e. The third-order valence-corrected chi connectivity index (χ3v) is 2.36. The summed E-state index contributed by atoms with van der Waals surface area (Å²) in [6.45, 7) is 6.28. The van der Waals surface area contributed by atoms with Crippen molar-refractivity contribution in [1.82, 2.24) is 10.2 Å². The third-order valence-electron chi connectivity index (χ3n) is 2.36. The van der Waals surface area contributed by atoms with Crippen LogP contribution in [0.5, 0.6) is 0 Å². The first-order chi connectivity index (χ1) is 7.40. The van der Waals surface area contributed by atoms with Gasteiger partial charge in [0, 0.05) is 19.2 Å². The lowest BCUT2D eigenvalue weighted by Gasteiger charge is -2.31. The number of aliphatic hydroxyl groups is 1. The second-order valence-electron chi connectivity index (χ2n) is 3.94. The topological polar surface area (TPSA) is 95.7 Å². The number of nitrogens with zero attached hydrogens (tertiary/aromatic N) is 1. The Kier molecular flexibility index (Phi) is 6.67. The van der Waals surface area contributed by atoms with E-state index in [4.69, 9.17) is 10.8 Å². The molecule has 0 aromatic carbocycles. The molecule has 16 heavy (non-hydrogen) atoms. The molecule has 6 nitrogen and oxygen atoms in total. The Bertz CT molecular complexity index is 243. The summed E-state index contributed by atoms with van der Waals surface area (Å²) >= 11 is 0. The summed E-state index contributed by atoms with van der Waals surface area (Å²) in [6.07, 6.45) is 0.590. The van der Waals surface area contributed by atoms with Crippen molar-refractivity contribution < 1.29 is 14.7 Å². The SMILES string of the molecule is CC(C)N(CCCO)C(C)C(=O)NC(N)=O. The number of carbonyl (C=O) groups is 2. The van der Waals surface area contributed by atoms with Gasteiger partial charge in [-0.2, -0.15) is 0 Å². The monoisotopic (exact) mass is 231 g/mol. The summed E-state index contributed by atoms with van der Waals surface area (Å²) in [5, 5.41) is 10.8. The summed E-state index contributed by atoms with van der Waals surface area (Å²) in [4.78, 5) is 24.0. The van der Waals surface area contributed by atoms with Crippen molar-refractivity contribution in [3.63, 3.8) is 0 Å². The number of rotatable bonds is 6. The Labute approximate surface area is 95.8 Å². The number of imide groups is 1. The lowest BCUT2D eigenvalue weighted by molar-refractivity contribution is -0.125.